The zero-order chi connectivity index (χ0) is 21.3. The number of sulfonamides is 1. The Balaban J connectivity index is 1.53. The van der Waals surface area contributed by atoms with E-state index in [1.54, 1.807) is 23.9 Å². The van der Waals surface area contributed by atoms with Gasteiger partial charge in [-0.15, -0.1) is 11.3 Å². The van der Waals surface area contributed by atoms with Gasteiger partial charge in [0.25, 0.3) is 5.91 Å². The van der Waals surface area contributed by atoms with E-state index in [2.05, 4.69) is 9.71 Å². The minimum atomic E-state index is -3.64. The molecule has 1 amide bonds. The topological polar surface area (TPSA) is 93.5 Å². The summed E-state index contributed by atoms with van der Waals surface area (Å²) in [5, 5.41) is 0.649. The molecule has 0 spiro atoms. The minimum absolute atomic E-state index is 0.0243. The highest BCUT2D eigenvalue weighted by Crippen LogP contribution is 2.31. The number of nitrogens with one attached hydrogen (secondary N) is 1. The number of aryl methyl sites for hydroxylation is 2. The molecule has 8 nitrogen and oxygen atoms in total. The average Bonchev–Trinajstić information content (AvgIpc) is 3.47. The Morgan fingerprint density at radius 2 is 2.07 bits per heavy atom. The number of hydrogen-bond acceptors (Lipinski definition) is 6. The molecule has 2 saturated heterocycles. The van der Waals surface area contributed by atoms with Gasteiger partial charge < -0.3 is 14.2 Å². The van der Waals surface area contributed by atoms with Crippen molar-refractivity contribution in [1.82, 2.24) is 19.2 Å². The molecule has 2 aromatic heterocycles. The van der Waals surface area contributed by atoms with E-state index in [0.717, 1.165) is 45.2 Å². The van der Waals surface area contributed by atoms with E-state index in [9.17, 15) is 13.2 Å². The maximum Gasteiger partial charge on any atom is 0.265 e. The molecule has 164 valence electrons. The quantitative estimate of drug-likeness (QED) is 0.727. The van der Waals surface area contributed by atoms with Gasteiger partial charge in [-0.25, -0.2) is 18.1 Å². The number of amides is 1. The van der Waals surface area contributed by atoms with Crippen LogP contribution >= 0.6 is 11.3 Å². The molecule has 2 aliphatic rings. The summed E-state index contributed by atoms with van der Waals surface area (Å²) in [5.41, 5.74) is 1.37. The fourth-order valence-corrected chi connectivity index (χ4v) is 6.16. The summed E-state index contributed by atoms with van der Waals surface area (Å²) in [6.07, 6.45) is 6.59. The highest BCUT2D eigenvalue weighted by Gasteiger charge is 2.26. The summed E-state index contributed by atoms with van der Waals surface area (Å²) >= 11 is 1.33. The normalized spacial score (nSPS) is 20.1. The van der Waals surface area contributed by atoms with Crippen LogP contribution in [0.1, 0.15) is 47.5 Å². The van der Waals surface area contributed by atoms with Gasteiger partial charge in [0, 0.05) is 39.5 Å². The standard InChI is InChI=1S/C20H28N4O4S2/c1-14-18(20(25)24-8-4-3-5-9-24)29-19(22-14)17-11-16(13-23(17)2)30(26,27)21-12-15-7-6-10-28-15/h11,13,15,21H,3-10,12H2,1-2H3/t15-/m1/s1. The second kappa shape index (κ2) is 8.78. The third kappa shape index (κ3) is 4.46. The molecular weight excluding hydrogens is 424 g/mol. The number of rotatable bonds is 6. The van der Waals surface area contributed by atoms with Crippen molar-refractivity contribution >= 4 is 27.3 Å². The van der Waals surface area contributed by atoms with Crippen LogP contribution < -0.4 is 4.72 Å². The molecule has 0 bridgehead atoms. The van der Waals surface area contributed by atoms with E-state index in [0.29, 0.717) is 27.9 Å². The van der Waals surface area contributed by atoms with Crippen molar-refractivity contribution in [3.05, 3.63) is 22.8 Å². The second-order valence-corrected chi connectivity index (χ2v) is 10.7. The van der Waals surface area contributed by atoms with Crippen LogP contribution in [-0.2, 0) is 21.8 Å². The van der Waals surface area contributed by atoms with Gasteiger partial charge in [-0.2, -0.15) is 0 Å². The summed E-state index contributed by atoms with van der Waals surface area (Å²) in [6.45, 7) is 4.37. The maximum atomic E-state index is 12.9. The molecule has 0 saturated carbocycles. The predicted molar refractivity (Wildman–Crippen MR) is 115 cm³/mol. The van der Waals surface area contributed by atoms with Crippen molar-refractivity contribution in [2.45, 2.75) is 50.0 Å². The van der Waals surface area contributed by atoms with Crippen LogP contribution in [0.2, 0.25) is 0 Å². The van der Waals surface area contributed by atoms with E-state index in [-0.39, 0.29) is 23.5 Å². The first-order valence-corrected chi connectivity index (χ1v) is 12.7. The SMILES string of the molecule is Cc1nc(-c2cc(S(=O)(=O)NC[C@H]3CCCO3)cn2C)sc1C(=O)N1CCCCC1. The zero-order valence-corrected chi connectivity index (χ0v) is 19.0. The van der Waals surface area contributed by atoms with Crippen LogP contribution in [0.3, 0.4) is 0 Å². The molecular formula is C20H28N4O4S2. The Hall–Kier alpha value is -1.75. The maximum absolute atomic E-state index is 12.9. The van der Waals surface area contributed by atoms with Crippen molar-refractivity contribution < 1.29 is 17.9 Å². The molecule has 2 aliphatic heterocycles. The van der Waals surface area contributed by atoms with Gasteiger partial charge in [0.05, 0.1) is 17.5 Å². The number of aromatic nitrogens is 2. The van der Waals surface area contributed by atoms with E-state index in [1.165, 1.54) is 11.3 Å². The molecule has 0 aromatic carbocycles. The van der Waals surface area contributed by atoms with Crippen molar-refractivity contribution in [2.24, 2.45) is 7.05 Å². The van der Waals surface area contributed by atoms with E-state index in [4.69, 9.17) is 4.74 Å². The molecule has 30 heavy (non-hydrogen) atoms. The van der Waals surface area contributed by atoms with E-state index < -0.39 is 10.0 Å². The van der Waals surface area contributed by atoms with Crippen molar-refractivity contribution in [3.63, 3.8) is 0 Å². The van der Waals surface area contributed by atoms with Crippen molar-refractivity contribution in [3.8, 4) is 10.7 Å². The molecule has 4 heterocycles. The fourth-order valence-electron chi connectivity index (χ4n) is 3.93. The van der Waals surface area contributed by atoms with Gasteiger partial charge in [-0.3, -0.25) is 4.79 Å². The Bertz CT molecular complexity index is 1020. The van der Waals surface area contributed by atoms with Crippen LogP contribution in [0.4, 0.5) is 0 Å². The lowest BCUT2D eigenvalue weighted by Crippen LogP contribution is -2.35. The molecule has 10 heteroatoms. The number of likely N-dealkylation sites (tertiary alicyclic amines) is 1. The van der Waals surface area contributed by atoms with Gasteiger partial charge in [-0.05, 0) is 45.1 Å². The van der Waals surface area contributed by atoms with Crippen LogP contribution in [0, 0.1) is 6.92 Å². The predicted octanol–water partition coefficient (Wildman–Crippen LogP) is 2.54. The third-order valence-electron chi connectivity index (χ3n) is 5.67. The van der Waals surface area contributed by atoms with Gasteiger partial charge >= 0.3 is 0 Å². The second-order valence-electron chi connectivity index (χ2n) is 7.95. The first kappa shape index (κ1) is 21.5. The fraction of sp³-hybridized carbons (Fsp3) is 0.600. The van der Waals surface area contributed by atoms with Crippen molar-refractivity contribution in [2.75, 3.05) is 26.2 Å². The molecule has 0 aliphatic carbocycles. The number of thiazole rings is 1. The van der Waals surface area contributed by atoms with E-state index in [1.807, 2.05) is 11.8 Å². The summed E-state index contributed by atoms with van der Waals surface area (Å²) < 4.78 is 35.3. The third-order valence-corrected chi connectivity index (χ3v) is 8.23. The highest BCUT2D eigenvalue weighted by molar-refractivity contribution is 7.89. The van der Waals surface area contributed by atoms with Gasteiger partial charge in [0.2, 0.25) is 10.0 Å². The lowest BCUT2D eigenvalue weighted by atomic mass is 10.1. The lowest BCUT2D eigenvalue weighted by molar-refractivity contribution is 0.0728. The Morgan fingerprint density at radius 3 is 2.77 bits per heavy atom. The lowest BCUT2D eigenvalue weighted by Gasteiger charge is -2.26. The molecule has 0 unspecified atom stereocenters. The molecule has 0 radical (unpaired) electrons. The van der Waals surface area contributed by atoms with Gasteiger partial charge in [0.15, 0.2) is 0 Å². The van der Waals surface area contributed by atoms with Crippen LogP contribution in [0.25, 0.3) is 10.7 Å². The molecule has 4 rings (SSSR count). The monoisotopic (exact) mass is 452 g/mol. The molecule has 2 fully saturated rings. The number of ether oxygens (including phenoxy) is 1. The number of nitrogens with zero attached hydrogens (tertiary/aromatic N) is 3. The largest absolute Gasteiger partial charge is 0.377 e. The van der Waals surface area contributed by atoms with Crippen LogP contribution in [0.5, 0.6) is 0 Å². The summed E-state index contributed by atoms with van der Waals surface area (Å²) in [7, 11) is -1.85. The molecule has 1 N–H and O–H groups in total. The zero-order valence-electron chi connectivity index (χ0n) is 17.4. The summed E-state index contributed by atoms with van der Waals surface area (Å²) in [4.78, 5) is 20.2. The van der Waals surface area contributed by atoms with Crippen LogP contribution in [0.15, 0.2) is 17.2 Å². The average molecular weight is 453 g/mol. The first-order valence-electron chi connectivity index (χ1n) is 10.4. The van der Waals surface area contributed by atoms with Crippen molar-refractivity contribution in [1.29, 1.82) is 0 Å². The Morgan fingerprint density at radius 1 is 1.30 bits per heavy atom. The van der Waals surface area contributed by atoms with Crippen LogP contribution in [-0.4, -0.2) is 61.1 Å². The summed E-state index contributed by atoms with van der Waals surface area (Å²) in [5.74, 6) is 0.0243. The Kier molecular flexibility index (Phi) is 6.29. The smallest absolute Gasteiger partial charge is 0.265 e. The highest BCUT2D eigenvalue weighted by atomic mass is 32.2. The number of carbonyl (C=O) groups is 1. The van der Waals surface area contributed by atoms with Gasteiger partial charge in [0.1, 0.15) is 14.8 Å². The first-order chi connectivity index (χ1) is 14.3. The summed E-state index contributed by atoms with van der Waals surface area (Å²) in [6, 6.07) is 1.62. The number of hydrogen-bond donors (Lipinski definition) is 1. The molecule has 1 atom stereocenters. The Labute approximate surface area is 181 Å². The number of carbonyl (C=O) groups excluding carboxylic acids is 1. The van der Waals surface area contributed by atoms with E-state index >= 15 is 0 Å². The molecule has 2 aromatic rings. The number of piperidine rings is 1. The minimum Gasteiger partial charge on any atom is -0.377 e. The van der Waals surface area contributed by atoms with Gasteiger partial charge in [-0.1, -0.05) is 0 Å².